The van der Waals surface area contributed by atoms with Crippen molar-refractivity contribution >= 4 is 21.6 Å². The highest BCUT2D eigenvalue weighted by Crippen LogP contribution is 2.23. The van der Waals surface area contributed by atoms with Crippen molar-refractivity contribution in [3.63, 3.8) is 0 Å². The average molecular weight is 268 g/mol. The Morgan fingerprint density at radius 1 is 1.13 bits per heavy atom. The van der Waals surface area contributed by atoms with Gasteiger partial charge in [-0.25, -0.2) is 5.06 Å². The lowest BCUT2D eigenvalue weighted by Gasteiger charge is -2.29. The van der Waals surface area contributed by atoms with Crippen molar-refractivity contribution in [1.82, 2.24) is 0 Å². The predicted octanol–water partition coefficient (Wildman–Crippen LogP) is 3.54. The van der Waals surface area contributed by atoms with Gasteiger partial charge in [0.2, 0.25) is 0 Å². The third-order valence-corrected chi connectivity index (χ3v) is 3.19. The molecule has 1 aromatic rings. The van der Waals surface area contributed by atoms with Crippen molar-refractivity contribution in [3.8, 4) is 0 Å². The molecule has 0 aromatic heterocycles. The Morgan fingerprint density at radius 3 is 2.40 bits per heavy atom. The van der Waals surface area contributed by atoms with Crippen LogP contribution < -0.4 is 5.06 Å². The predicted molar refractivity (Wildman–Crippen MR) is 65.8 cm³/mol. The number of hydrogen-bond acceptors (Lipinski definition) is 2. The largest absolute Gasteiger partial charge is 0.269 e. The summed E-state index contributed by atoms with van der Waals surface area (Å²) >= 11 is 3.42. The SMILES string of the molecule is CC1=C(C)CN(c2ccc(Br)cc2)OC1. The second-order valence-electron chi connectivity index (χ2n) is 3.85. The summed E-state index contributed by atoms with van der Waals surface area (Å²) in [5.41, 5.74) is 3.83. The second-order valence-corrected chi connectivity index (χ2v) is 4.76. The maximum absolute atomic E-state index is 5.65. The van der Waals surface area contributed by atoms with E-state index in [0.29, 0.717) is 6.61 Å². The van der Waals surface area contributed by atoms with Gasteiger partial charge in [0.1, 0.15) is 0 Å². The third kappa shape index (κ3) is 2.41. The minimum absolute atomic E-state index is 0.696. The van der Waals surface area contributed by atoms with Gasteiger partial charge in [0, 0.05) is 4.47 Å². The van der Waals surface area contributed by atoms with Gasteiger partial charge >= 0.3 is 0 Å². The van der Waals surface area contributed by atoms with E-state index in [1.165, 1.54) is 11.1 Å². The Balaban J connectivity index is 2.17. The molecule has 3 heteroatoms. The quantitative estimate of drug-likeness (QED) is 0.722. The molecule has 0 unspecified atom stereocenters. The van der Waals surface area contributed by atoms with E-state index in [1.54, 1.807) is 0 Å². The molecule has 80 valence electrons. The van der Waals surface area contributed by atoms with Crippen LogP contribution >= 0.6 is 15.9 Å². The number of anilines is 1. The van der Waals surface area contributed by atoms with E-state index >= 15 is 0 Å². The molecular formula is C12H14BrNO. The number of rotatable bonds is 1. The van der Waals surface area contributed by atoms with E-state index in [1.807, 2.05) is 17.2 Å². The van der Waals surface area contributed by atoms with Gasteiger partial charge in [-0.3, -0.25) is 4.84 Å². The number of hydroxylamine groups is 1. The van der Waals surface area contributed by atoms with Crippen LogP contribution in [0.1, 0.15) is 13.8 Å². The topological polar surface area (TPSA) is 12.5 Å². The molecule has 15 heavy (non-hydrogen) atoms. The van der Waals surface area contributed by atoms with Crippen molar-refractivity contribution in [2.24, 2.45) is 0 Å². The summed E-state index contributed by atoms with van der Waals surface area (Å²) < 4.78 is 1.09. The van der Waals surface area contributed by atoms with E-state index in [4.69, 9.17) is 4.84 Å². The van der Waals surface area contributed by atoms with Gasteiger partial charge in [-0.15, -0.1) is 0 Å². The van der Waals surface area contributed by atoms with Gasteiger partial charge in [-0.1, -0.05) is 21.5 Å². The van der Waals surface area contributed by atoms with Crippen molar-refractivity contribution in [2.45, 2.75) is 13.8 Å². The zero-order valence-electron chi connectivity index (χ0n) is 8.96. The maximum Gasteiger partial charge on any atom is 0.0960 e. The molecule has 0 N–H and O–H groups in total. The standard InChI is InChI=1S/C12H14BrNO/c1-9-7-14(15-8-10(9)2)12-5-3-11(13)4-6-12/h3-6H,7-8H2,1-2H3. The van der Waals surface area contributed by atoms with Gasteiger partial charge < -0.3 is 0 Å². The minimum Gasteiger partial charge on any atom is -0.269 e. The highest BCUT2D eigenvalue weighted by atomic mass is 79.9. The Kier molecular flexibility index (Phi) is 3.12. The highest BCUT2D eigenvalue weighted by Gasteiger charge is 2.14. The van der Waals surface area contributed by atoms with Crippen LogP contribution in [-0.4, -0.2) is 13.2 Å². The summed E-state index contributed by atoms with van der Waals surface area (Å²) in [4.78, 5) is 5.65. The Morgan fingerprint density at radius 2 is 1.80 bits per heavy atom. The first-order valence-corrected chi connectivity index (χ1v) is 5.77. The van der Waals surface area contributed by atoms with Crippen LogP contribution in [-0.2, 0) is 4.84 Å². The Labute approximate surface area is 98.6 Å². The number of halogens is 1. The number of benzene rings is 1. The number of hydrogen-bond donors (Lipinski definition) is 0. The van der Waals surface area contributed by atoms with Crippen molar-refractivity contribution in [1.29, 1.82) is 0 Å². The number of nitrogens with zero attached hydrogens (tertiary/aromatic N) is 1. The van der Waals surface area contributed by atoms with Crippen LogP contribution in [0.5, 0.6) is 0 Å². The molecule has 0 spiro atoms. The first-order chi connectivity index (χ1) is 7.16. The monoisotopic (exact) mass is 267 g/mol. The van der Waals surface area contributed by atoms with Gasteiger partial charge in [0.05, 0.1) is 18.8 Å². The molecule has 1 heterocycles. The van der Waals surface area contributed by atoms with Crippen molar-refractivity contribution in [2.75, 3.05) is 18.2 Å². The molecule has 0 bridgehead atoms. The van der Waals surface area contributed by atoms with Crippen LogP contribution in [0.25, 0.3) is 0 Å². The second kappa shape index (κ2) is 4.37. The molecule has 0 fully saturated rings. The Bertz CT molecular complexity index is 383. The van der Waals surface area contributed by atoms with Gasteiger partial charge in [0.25, 0.3) is 0 Å². The summed E-state index contributed by atoms with van der Waals surface area (Å²) in [6, 6.07) is 8.16. The lowest BCUT2D eigenvalue weighted by molar-refractivity contribution is 0.122. The lowest BCUT2D eigenvalue weighted by atomic mass is 10.1. The van der Waals surface area contributed by atoms with Crippen LogP contribution in [0.15, 0.2) is 39.9 Å². The first kappa shape index (κ1) is 10.7. The summed E-state index contributed by atoms with van der Waals surface area (Å²) in [6.45, 7) is 5.83. The fourth-order valence-electron chi connectivity index (χ4n) is 1.47. The third-order valence-electron chi connectivity index (χ3n) is 2.66. The molecule has 1 aliphatic rings. The molecule has 2 nitrogen and oxygen atoms in total. The first-order valence-electron chi connectivity index (χ1n) is 4.98. The van der Waals surface area contributed by atoms with Gasteiger partial charge in [-0.2, -0.15) is 0 Å². The van der Waals surface area contributed by atoms with Crippen LogP contribution in [0.3, 0.4) is 0 Å². The molecule has 0 aliphatic carbocycles. The van der Waals surface area contributed by atoms with E-state index < -0.39 is 0 Å². The summed E-state index contributed by atoms with van der Waals surface area (Å²) in [5.74, 6) is 0. The summed E-state index contributed by atoms with van der Waals surface area (Å²) in [7, 11) is 0. The average Bonchev–Trinajstić information content (AvgIpc) is 2.23. The molecule has 0 saturated heterocycles. The zero-order chi connectivity index (χ0) is 10.8. The van der Waals surface area contributed by atoms with E-state index in [9.17, 15) is 0 Å². The van der Waals surface area contributed by atoms with Crippen molar-refractivity contribution in [3.05, 3.63) is 39.9 Å². The van der Waals surface area contributed by atoms with Crippen LogP contribution in [0.4, 0.5) is 5.69 Å². The molecular weight excluding hydrogens is 254 g/mol. The smallest absolute Gasteiger partial charge is 0.0960 e. The molecule has 0 amide bonds. The van der Waals surface area contributed by atoms with Gasteiger partial charge in [0.15, 0.2) is 0 Å². The van der Waals surface area contributed by atoms with E-state index in [-0.39, 0.29) is 0 Å². The molecule has 2 rings (SSSR count). The van der Waals surface area contributed by atoms with Gasteiger partial charge in [-0.05, 0) is 43.7 Å². The van der Waals surface area contributed by atoms with Crippen molar-refractivity contribution < 1.29 is 4.84 Å². The summed E-state index contributed by atoms with van der Waals surface area (Å²) in [6.07, 6.45) is 0. The lowest BCUT2D eigenvalue weighted by Crippen LogP contribution is -2.31. The summed E-state index contributed by atoms with van der Waals surface area (Å²) in [5, 5.41) is 1.94. The molecule has 0 saturated carbocycles. The van der Waals surface area contributed by atoms with E-state index in [2.05, 4.69) is 41.9 Å². The molecule has 0 atom stereocenters. The maximum atomic E-state index is 5.65. The van der Waals surface area contributed by atoms with E-state index in [0.717, 1.165) is 16.7 Å². The fraction of sp³-hybridized carbons (Fsp3) is 0.333. The van der Waals surface area contributed by atoms with Crippen LogP contribution in [0.2, 0.25) is 0 Å². The highest BCUT2D eigenvalue weighted by molar-refractivity contribution is 9.10. The van der Waals surface area contributed by atoms with Crippen LogP contribution in [0, 0.1) is 0 Å². The molecule has 1 aromatic carbocycles. The zero-order valence-corrected chi connectivity index (χ0v) is 10.5. The molecule has 0 radical (unpaired) electrons. The fourth-order valence-corrected chi connectivity index (χ4v) is 1.73. The normalized spacial score (nSPS) is 17.1. The Hall–Kier alpha value is -0.800. The minimum atomic E-state index is 0.696. The molecule has 1 aliphatic heterocycles.